The molecule has 10 nitrogen and oxygen atoms in total. The molecule has 0 saturated carbocycles. The smallest absolute Gasteiger partial charge is 0.408 e. The Morgan fingerprint density at radius 3 is 1.69 bits per heavy atom. The summed E-state index contributed by atoms with van der Waals surface area (Å²) in [6.45, 7) is 1.82. The average molecular weight is 613 g/mol. The molecule has 4 rings (SSSR count). The fourth-order valence-corrected chi connectivity index (χ4v) is 4.38. The van der Waals surface area contributed by atoms with Crippen LogP contribution in [0.5, 0.6) is 11.5 Å². The Hall–Kier alpha value is -5.35. The number of aliphatic carboxylic acids is 1. The molecule has 234 valence electrons. The van der Waals surface area contributed by atoms with Gasteiger partial charge in [-0.1, -0.05) is 97.1 Å². The van der Waals surface area contributed by atoms with Gasteiger partial charge in [-0.3, -0.25) is 4.79 Å². The highest BCUT2D eigenvalue weighted by molar-refractivity contribution is 5.89. The molecule has 0 aliphatic carbocycles. The second-order valence-electron chi connectivity index (χ2n) is 10.4. The van der Waals surface area contributed by atoms with E-state index in [0.29, 0.717) is 23.7 Å². The van der Waals surface area contributed by atoms with Crippen LogP contribution in [0.3, 0.4) is 0 Å². The lowest BCUT2D eigenvalue weighted by Crippen LogP contribution is -2.56. The van der Waals surface area contributed by atoms with Crippen LogP contribution in [0.4, 0.5) is 4.79 Å². The molecule has 0 saturated heterocycles. The second kappa shape index (κ2) is 16.5. The van der Waals surface area contributed by atoms with Crippen LogP contribution in [-0.2, 0) is 40.6 Å². The van der Waals surface area contributed by atoms with E-state index in [0.717, 1.165) is 16.7 Å². The van der Waals surface area contributed by atoms with Gasteiger partial charge >= 0.3 is 12.1 Å². The maximum atomic E-state index is 13.1. The van der Waals surface area contributed by atoms with Crippen molar-refractivity contribution in [1.29, 1.82) is 0 Å². The second-order valence-corrected chi connectivity index (χ2v) is 10.4. The van der Waals surface area contributed by atoms with Crippen LogP contribution in [0.2, 0.25) is 0 Å². The van der Waals surface area contributed by atoms with Gasteiger partial charge < -0.3 is 35.1 Å². The lowest BCUT2D eigenvalue weighted by Gasteiger charge is -2.23. The number of rotatable bonds is 15. The van der Waals surface area contributed by atoms with Crippen LogP contribution in [0.15, 0.2) is 109 Å². The largest absolute Gasteiger partial charge is 0.485 e. The van der Waals surface area contributed by atoms with Crippen molar-refractivity contribution in [3.63, 3.8) is 0 Å². The molecule has 0 spiro atoms. The Labute approximate surface area is 261 Å². The molecule has 2 amide bonds. The minimum Gasteiger partial charge on any atom is -0.485 e. The van der Waals surface area contributed by atoms with Crippen molar-refractivity contribution in [1.82, 2.24) is 10.6 Å². The fraction of sp³-hybridized carbons (Fsp3) is 0.229. The first-order chi connectivity index (χ1) is 21.8. The van der Waals surface area contributed by atoms with Crippen LogP contribution in [0.25, 0.3) is 0 Å². The minimum absolute atomic E-state index is 0.0433. The van der Waals surface area contributed by atoms with E-state index in [4.69, 9.17) is 14.2 Å². The molecular weight excluding hydrogens is 576 g/mol. The standard InChI is InChI=1S/C35H36N2O8/c1-24(38)32(37-35(42)45-23-27-15-9-4-10-16-27)33(39)36-29(34(40)41)19-28-17-18-30(43-21-25-11-5-2-6-12-25)31(20-28)44-22-26-13-7-3-8-14-26/h2-18,20,24,29,32,38H,19,21-23H2,1H3,(H,36,39)(H,37,42)(H,40,41)/t24-,29+,32+/m1/s1. The number of carbonyl (C=O) groups excluding carboxylic acids is 2. The highest BCUT2D eigenvalue weighted by Gasteiger charge is 2.30. The number of hydrogen-bond donors (Lipinski definition) is 4. The van der Waals surface area contributed by atoms with E-state index in [2.05, 4.69) is 10.6 Å². The van der Waals surface area contributed by atoms with E-state index in [9.17, 15) is 24.6 Å². The van der Waals surface area contributed by atoms with Gasteiger partial charge in [-0.2, -0.15) is 0 Å². The van der Waals surface area contributed by atoms with Gasteiger partial charge in [0.25, 0.3) is 0 Å². The molecule has 4 aromatic carbocycles. The van der Waals surface area contributed by atoms with Crippen molar-refractivity contribution in [3.05, 3.63) is 131 Å². The molecule has 0 radical (unpaired) electrons. The first-order valence-electron chi connectivity index (χ1n) is 14.4. The number of nitrogens with one attached hydrogen (secondary N) is 2. The molecule has 0 bridgehead atoms. The Balaban J connectivity index is 1.44. The molecule has 4 aromatic rings. The molecule has 10 heteroatoms. The van der Waals surface area contributed by atoms with E-state index < -0.39 is 36.2 Å². The van der Waals surface area contributed by atoms with Gasteiger partial charge in [0.15, 0.2) is 11.5 Å². The van der Waals surface area contributed by atoms with Crippen molar-refractivity contribution >= 4 is 18.0 Å². The van der Waals surface area contributed by atoms with Gasteiger partial charge in [0, 0.05) is 6.42 Å². The number of carboxylic acid groups (broad SMARTS) is 1. The van der Waals surface area contributed by atoms with E-state index >= 15 is 0 Å². The van der Waals surface area contributed by atoms with Crippen LogP contribution in [0.1, 0.15) is 29.2 Å². The summed E-state index contributed by atoms with van der Waals surface area (Å²) in [7, 11) is 0. The lowest BCUT2D eigenvalue weighted by molar-refractivity contribution is -0.142. The van der Waals surface area contributed by atoms with Crippen molar-refractivity contribution in [2.24, 2.45) is 0 Å². The van der Waals surface area contributed by atoms with Crippen molar-refractivity contribution in [2.75, 3.05) is 0 Å². The number of benzene rings is 4. The third kappa shape index (κ3) is 10.4. The van der Waals surface area contributed by atoms with Crippen molar-refractivity contribution in [2.45, 2.75) is 51.4 Å². The third-order valence-electron chi connectivity index (χ3n) is 6.79. The summed E-state index contributed by atoms with van der Waals surface area (Å²) in [6, 6.07) is 30.4. The number of carbonyl (C=O) groups is 3. The van der Waals surface area contributed by atoms with Crippen LogP contribution < -0.4 is 20.1 Å². The van der Waals surface area contributed by atoms with Crippen molar-refractivity contribution in [3.8, 4) is 11.5 Å². The predicted molar refractivity (Wildman–Crippen MR) is 166 cm³/mol. The lowest BCUT2D eigenvalue weighted by atomic mass is 10.0. The number of alkyl carbamates (subject to hydrolysis) is 1. The van der Waals surface area contributed by atoms with Gasteiger partial charge in [-0.15, -0.1) is 0 Å². The minimum atomic E-state index is -1.45. The third-order valence-corrected chi connectivity index (χ3v) is 6.79. The van der Waals surface area contributed by atoms with Gasteiger partial charge in [0.05, 0.1) is 6.10 Å². The summed E-state index contributed by atoms with van der Waals surface area (Å²) in [4.78, 5) is 37.6. The first-order valence-corrected chi connectivity index (χ1v) is 14.4. The number of aliphatic hydroxyl groups excluding tert-OH is 1. The van der Waals surface area contributed by atoms with E-state index in [1.807, 2.05) is 66.7 Å². The normalized spacial score (nSPS) is 12.7. The quantitative estimate of drug-likeness (QED) is 0.152. The Bertz CT molecular complexity index is 1530. The topological polar surface area (TPSA) is 143 Å². The first kappa shape index (κ1) is 32.6. The molecule has 0 aliphatic rings. The molecular formula is C35H36N2O8. The monoisotopic (exact) mass is 612 g/mol. The number of carboxylic acids is 1. The number of hydrogen-bond acceptors (Lipinski definition) is 7. The van der Waals surface area contributed by atoms with Crippen LogP contribution in [-0.4, -0.2) is 46.4 Å². The molecule has 0 unspecified atom stereocenters. The van der Waals surface area contributed by atoms with Gasteiger partial charge in [-0.25, -0.2) is 9.59 Å². The fourth-order valence-electron chi connectivity index (χ4n) is 4.38. The van der Waals surface area contributed by atoms with Crippen molar-refractivity contribution < 1.29 is 38.8 Å². The zero-order valence-corrected chi connectivity index (χ0v) is 24.8. The summed E-state index contributed by atoms with van der Waals surface area (Å²) >= 11 is 0. The number of aliphatic hydroxyl groups is 1. The highest BCUT2D eigenvalue weighted by atomic mass is 16.5. The maximum Gasteiger partial charge on any atom is 0.408 e. The zero-order valence-electron chi connectivity index (χ0n) is 24.8. The zero-order chi connectivity index (χ0) is 32.0. The van der Waals surface area contributed by atoms with E-state index in [-0.39, 0.29) is 19.6 Å². The highest BCUT2D eigenvalue weighted by Crippen LogP contribution is 2.30. The summed E-state index contributed by atoms with van der Waals surface area (Å²) in [5, 5.41) is 24.9. The number of amides is 2. The molecule has 3 atom stereocenters. The molecule has 0 aromatic heterocycles. The molecule has 0 aliphatic heterocycles. The van der Waals surface area contributed by atoms with E-state index in [1.165, 1.54) is 6.92 Å². The molecule has 0 heterocycles. The van der Waals surface area contributed by atoms with E-state index in [1.54, 1.807) is 42.5 Å². The Morgan fingerprint density at radius 2 is 1.18 bits per heavy atom. The van der Waals surface area contributed by atoms with Gasteiger partial charge in [0.1, 0.15) is 31.9 Å². The van der Waals surface area contributed by atoms with Gasteiger partial charge in [-0.05, 0) is 41.3 Å². The Kier molecular flexibility index (Phi) is 11.9. The summed E-state index contributed by atoms with van der Waals surface area (Å²) < 4.78 is 17.3. The Morgan fingerprint density at radius 1 is 0.667 bits per heavy atom. The van der Waals surface area contributed by atoms with Crippen LogP contribution in [0, 0.1) is 0 Å². The predicted octanol–water partition coefficient (Wildman–Crippen LogP) is 4.63. The van der Waals surface area contributed by atoms with Crippen LogP contribution >= 0.6 is 0 Å². The average Bonchev–Trinajstić information content (AvgIpc) is 3.05. The molecule has 4 N–H and O–H groups in total. The number of ether oxygens (including phenoxy) is 3. The molecule has 0 fully saturated rings. The summed E-state index contributed by atoms with van der Waals surface area (Å²) in [5.74, 6) is -1.29. The van der Waals surface area contributed by atoms with Gasteiger partial charge in [0.2, 0.25) is 5.91 Å². The molecule has 45 heavy (non-hydrogen) atoms. The maximum absolute atomic E-state index is 13.1. The summed E-state index contributed by atoms with van der Waals surface area (Å²) in [5.41, 5.74) is 3.20. The summed E-state index contributed by atoms with van der Waals surface area (Å²) in [6.07, 6.45) is -2.37. The SMILES string of the molecule is C[C@@H](O)[C@H](NC(=O)OCc1ccccc1)C(=O)N[C@@H](Cc1ccc(OCc2ccccc2)c(OCc2ccccc2)c1)C(=O)O.